The summed E-state index contributed by atoms with van der Waals surface area (Å²) in [5.74, 6) is 1.07. The molecule has 0 radical (unpaired) electrons. The summed E-state index contributed by atoms with van der Waals surface area (Å²) in [6, 6.07) is -0.123. The minimum absolute atomic E-state index is 0.0782. The fraction of sp³-hybridized carbons (Fsp3) is 0.857. The molecule has 1 unspecified atom stereocenters. The number of hydrogen-bond donors (Lipinski definition) is 1. The first-order valence-corrected chi connectivity index (χ1v) is 8.29. The molecule has 0 aromatic rings. The molecule has 1 aliphatic carbocycles. The van der Waals surface area contributed by atoms with Gasteiger partial charge in [0.1, 0.15) is 0 Å². The first kappa shape index (κ1) is 14.7. The molecule has 1 atom stereocenters. The van der Waals surface area contributed by atoms with Crippen molar-refractivity contribution in [3.63, 3.8) is 0 Å². The van der Waals surface area contributed by atoms with E-state index in [1.54, 1.807) is 11.8 Å². The predicted octanol–water partition coefficient (Wildman–Crippen LogP) is 2.38. The van der Waals surface area contributed by atoms with Crippen LogP contribution in [0.15, 0.2) is 0 Å². The smallest absolute Gasteiger partial charge is 0.305 e. The maximum atomic E-state index is 12.8. The fourth-order valence-electron chi connectivity index (χ4n) is 3.19. The molecule has 5 heteroatoms. The summed E-state index contributed by atoms with van der Waals surface area (Å²) in [4.78, 5) is 25.6. The number of aliphatic carboxylic acids is 1. The summed E-state index contributed by atoms with van der Waals surface area (Å²) < 4.78 is 0. The van der Waals surface area contributed by atoms with Crippen LogP contribution in [0.4, 0.5) is 0 Å². The van der Waals surface area contributed by atoms with E-state index >= 15 is 0 Å². The molecule has 0 bridgehead atoms. The summed E-state index contributed by atoms with van der Waals surface area (Å²) in [5.41, 5.74) is -0.253. The Morgan fingerprint density at radius 2 is 2.00 bits per heavy atom. The van der Waals surface area contributed by atoms with E-state index in [9.17, 15) is 9.59 Å². The predicted molar refractivity (Wildman–Crippen MR) is 76.3 cm³/mol. The molecule has 0 aromatic carbocycles. The van der Waals surface area contributed by atoms with Crippen LogP contribution >= 0.6 is 11.8 Å². The molecule has 2 rings (SSSR count). The Labute approximate surface area is 118 Å². The van der Waals surface area contributed by atoms with Crippen LogP contribution in [0.25, 0.3) is 0 Å². The highest BCUT2D eigenvalue weighted by Gasteiger charge is 2.40. The van der Waals surface area contributed by atoms with Crippen LogP contribution in [0.1, 0.15) is 45.4 Å². The lowest BCUT2D eigenvalue weighted by Gasteiger charge is -2.42. The molecule has 1 saturated carbocycles. The van der Waals surface area contributed by atoms with Gasteiger partial charge in [-0.1, -0.05) is 26.2 Å². The Kier molecular flexibility index (Phi) is 4.76. The highest BCUT2D eigenvalue weighted by molar-refractivity contribution is 7.99. The quantitative estimate of drug-likeness (QED) is 0.865. The second-order valence-corrected chi connectivity index (χ2v) is 7.10. The first-order chi connectivity index (χ1) is 9.03. The standard InChI is InChI=1S/C14H23NO3S/c1-14(5-3-2-4-6-14)13(18)15-7-8-19-10-11(15)9-12(16)17/h11H,2-10H2,1H3,(H,16,17). The van der Waals surface area contributed by atoms with E-state index in [0.29, 0.717) is 6.54 Å². The molecule has 19 heavy (non-hydrogen) atoms. The molecule has 0 aromatic heterocycles. The van der Waals surface area contributed by atoms with Crippen molar-refractivity contribution in [2.24, 2.45) is 5.41 Å². The van der Waals surface area contributed by atoms with Crippen LogP contribution < -0.4 is 0 Å². The van der Waals surface area contributed by atoms with Crippen molar-refractivity contribution >= 4 is 23.6 Å². The average Bonchev–Trinajstić information content (AvgIpc) is 2.39. The monoisotopic (exact) mass is 285 g/mol. The number of carboxylic acids is 1. The van der Waals surface area contributed by atoms with Crippen LogP contribution in [0, 0.1) is 5.41 Å². The molecule has 1 N–H and O–H groups in total. The molecule has 108 valence electrons. The van der Waals surface area contributed by atoms with Gasteiger partial charge in [-0.15, -0.1) is 0 Å². The minimum atomic E-state index is -0.806. The SMILES string of the molecule is CC1(C(=O)N2CCSCC2CC(=O)O)CCCCC1. The lowest BCUT2D eigenvalue weighted by Crippen LogP contribution is -2.52. The highest BCUT2D eigenvalue weighted by atomic mass is 32.2. The Hall–Kier alpha value is -0.710. The number of rotatable bonds is 3. The van der Waals surface area contributed by atoms with Crippen LogP contribution in [-0.2, 0) is 9.59 Å². The minimum Gasteiger partial charge on any atom is -0.481 e. The van der Waals surface area contributed by atoms with Gasteiger partial charge in [0.15, 0.2) is 0 Å². The topological polar surface area (TPSA) is 57.6 Å². The zero-order valence-electron chi connectivity index (χ0n) is 11.6. The van der Waals surface area contributed by atoms with Crippen LogP contribution in [0.2, 0.25) is 0 Å². The third-order valence-corrected chi connectivity index (χ3v) is 5.46. The van der Waals surface area contributed by atoms with Gasteiger partial charge in [-0.2, -0.15) is 11.8 Å². The highest BCUT2D eigenvalue weighted by Crippen LogP contribution is 2.38. The maximum Gasteiger partial charge on any atom is 0.305 e. The third-order valence-electron chi connectivity index (χ3n) is 4.37. The van der Waals surface area contributed by atoms with Crippen molar-refractivity contribution in [2.75, 3.05) is 18.1 Å². The van der Waals surface area contributed by atoms with Gasteiger partial charge < -0.3 is 10.0 Å². The zero-order chi connectivity index (χ0) is 13.9. The van der Waals surface area contributed by atoms with Crippen LogP contribution in [0.5, 0.6) is 0 Å². The summed E-state index contributed by atoms with van der Waals surface area (Å²) >= 11 is 1.75. The van der Waals surface area contributed by atoms with Gasteiger partial charge >= 0.3 is 5.97 Å². The van der Waals surface area contributed by atoms with Crippen molar-refractivity contribution in [1.82, 2.24) is 4.90 Å². The van der Waals surface area contributed by atoms with E-state index in [4.69, 9.17) is 5.11 Å². The number of nitrogens with zero attached hydrogens (tertiary/aromatic N) is 1. The van der Waals surface area contributed by atoms with Gasteiger partial charge in [0, 0.05) is 23.5 Å². The van der Waals surface area contributed by atoms with Gasteiger partial charge in [0.05, 0.1) is 12.5 Å². The third kappa shape index (κ3) is 3.44. The lowest BCUT2D eigenvalue weighted by atomic mass is 9.74. The van der Waals surface area contributed by atoms with E-state index in [-0.39, 0.29) is 23.8 Å². The number of carboxylic acid groups (broad SMARTS) is 1. The summed E-state index contributed by atoms with van der Waals surface area (Å²) in [5, 5.41) is 8.99. The van der Waals surface area contributed by atoms with Gasteiger partial charge in [-0.3, -0.25) is 9.59 Å². The summed E-state index contributed by atoms with van der Waals surface area (Å²) in [7, 11) is 0. The van der Waals surface area contributed by atoms with E-state index in [1.165, 1.54) is 6.42 Å². The summed E-state index contributed by atoms with van der Waals surface area (Å²) in [6.07, 6.45) is 5.44. The van der Waals surface area contributed by atoms with Gasteiger partial charge in [-0.25, -0.2) is 0 Å². The maximum absolute atomic E-state index is 12.8. The van der Waals surface area contributed by atoms with Gasteiger partial charge in [-0.05, 0) is 12.8 Å². The number of hydrogen-bond acceptors (Lipinski definition) is 3. The molecular formula is C14H23NO3S. The average molecular weight is 285 g/mol. The van der Waals surface area contributed by atoms with Gasteiger partial charge in [0.2, 0.25) is 5.91 Å². The Morgan fingerprint density at radius 3 is 2.63 bits per heavy atom. The van der Waals surface area contributed by atoms with Crippen molar-refractivity contribution < 1.29 is 14.7 Å². The molecule has 1 heterocycles. The second kappa shape index (κ2) is 6.16. The van der Waals surface area contributed by atoms with Crippen molar-refractivity contribution in [2.45, 2.75) is 51.5 Å². The largest absolute Gasteiger partial charge is 0.481 e. The van der Waals surface area contributed by atoms with Crippen LogP contribution in [-0.4, -0.2) is 46.0 Å². The van der Waals surface area contributed by atoms with E-state index < -0.39 is 5.97 Å². The molecule has 0 spiro atoms. The summed E-state index contributed by atoms with van der Waals surface area (Å²) in [6.45, 7) is 2.77. The normalized spacial score (nSPS) is 27.0. The molecule has 2 fully saturated rings. The van der Waals surface area contributed by atoms with E-state index in [1.807, 2.05) is 4.90 Å². The van der Waals surface area contributed by atoms with E-state index in [0.717, 1.165) is 37.2 Å². The Bertz CT molecular complexity index is 353. The number of thioether (sulfide) groups is 1. The molecule has 1 saturated heterocycles. The fourth-order valence-corrected chi connectivity index (χ4v) is 4.25. The van der Waals surface area contributed by atoms with Crippen molar-refractivity contribution in [3.05, 3.63) is 0 Å². The van der Waals surface area contributed by atoms with Crippen LogP contribution in [0.3, 0.4) is 0 Å². The lowest BCUT2D eigenvalue weighted by molar-refractivity contribution is -0.147. The second-order valence-electron chi connectivity index (χ2n) is 5.95. The molecule has 1 aliphatic heterocycles. The molecule has 2 aliphatic rings. The first-order valence-electron chi connectivity index (χ1n) is 7.13. The number of carbonyl (C=O) groups is 2. The Balaban J connectivity index is 2.08. The van der Waals surface area contributed by atoms with Crippen molar-refractivity contribution in [3.8, 4) is 0 Å². The Morgan fingerprint density at radius 1 is 1.32 bits per heavy atom. The molecular weight excluding hydrogens is 262 g/mol. The van der Waals surface area contributed by atoms with E-state index in [2.05, 4.69) is 6.92 Å². The molecule has 1 amide bonds. The van der Waals surface area contributed by atoms with Crippen molar-refractivity contribution in [1.29, 1.82) is 0 Å². The number of amides is 1. The number of carbonyl (C=O) groups excluding carboxylic acids is 1. The zero-order valence-corrected chi connectivity index (χ0v) is 12.4. The van der Waals surface area contributed by atoms with Gasteiger partial charge in [0.25, 0.3) is 0 Å². The molecule has 4 nitrogen and oxygen atoms in total.